The van der Waals surface area contributed by atoms with Crippen molar-refractivity contribution in [2.75, 3.05) is 5.32 Å². The van der Waals surface area contributed by atoms with Crippen LogP contribution in [0.4, 0.5) is 10.5 Å². The molecule has 0 aliphatic rings. The van der Waals surface area contributed by atoms with Crippen molar-refractivity contribution in [3.05, 3.63) is 23.8 Å². The number of rotatable bonds is 1. The molecule has 19 heavy (non-hydrogen) atoms. The maximum absolute atomic E-state index is 11.7. The summed E-state index contributed by atoms with van der Waals surface area (Å²) in [6.07, 6.45) is -0.502. The van der Waals surface area contributed by atoms with Gasteiger partial charge in [-0.3, -0.25) is 5.32 Å². The van der Waals surface area contributed by atoms with E-state index in [0.29, 0.717) is 5.69 Å². The largest absolute Gasteiger partial charge is 0.508 e. The molecule has 0 spiro atoms. The van der Waals surface area contributed by atoms with Crippen LogP contribution in [0.1, 0.15) is 47.1 Å². The highest BCUT2D eigenvalue weighted by molar-refractivity contribution is 5.85. The Labute approximate surface area is 114 Å². The smallest absolute Gasteiger partial charge is 0.412 e. The summed E-state index contributed by atoms with van der Waals surface area (Å²) < 4.78 is 5.18. The van der Waals surface area contributed by atoms with Crippen molar-refractivity contribution in [2.24, 2.45) is 0 Å². The van der Waals surface area contributed by atoms with Crippen LogP contribution in [-0.2, 0) is 10.2 Å². The number of phenolic OH excluding ortho intramolecular Hbond substituents is 1. The number of phenols is 1. The van der Waals surface area contributed by atoms with Gasteiger partial charge >= 0.3 is 6.09 Å². The molecule has 0 radical (unpaired) electrons. The highest BCUT2D eigenvalue weighted by Gasteiger charge is 2.20. The molecule has 1 aromatic carbocycles. The first-order valence-corrected chi connectivity index (χ1v) is 6.32. The highest BCUT2D eigenvalue weighted by atomic mass is 16.6. The normalized spacial score (nSPS) is 12.1. The Hall–Kier alpha value is -1.71. The molecule has 0 heterocycles. The zero-order chi connectivity index (χ0) is 14.8. The Kier molecular flexibility index (Phi) is 4.13. The molecule has 0 bridgehead atoms. The SMILES string of the molecule is CC(C)(C)OC(=O)Nc1ccc(O)c(C(C)(C)C)c1. The number of carbonyl (C=O) groups excluding carboxylic acids is 1. The summed E-state index contributed by atoms with van der Waals surface area (Å²) >= 11 is 0. The topological polar surface area (TPSA) is 58.6 Å². The average molecular weight is 265 g/mol. The molecule has 1 rings (SSSR count). The van der Waals surface area contributed by atoms with Gasteiger partial charge in [-0.05, 0) is 44.4 Å². The van der Waals surface area contributed by atoms with Crippen molar-refractivity contribution < 1.29 is 14.6 Å². The number of aromatic hydroxyl groups is 1. The molecule has 0 unspecified atom stereocenters. The second kappa shape index (κ2) is 5.11. The number of hydrogen-bond acceptors (Lipinski definition) is 3. The van der Waals surface area contributed by atoms with Crippen molar-refractivity contribution in [3.8, 4) is 5.75 Å². The molecule has 2 N–H and O–H groups in total. The van der Waals surface area contributed by atoms with Crippen LogP contribution in [0.2, 0.25) is 0 Å². The first kappa shape index (κ1) is 15.3. The Morgan fingerprint density at radius 2 is 1.74 bits per heavy atom. The summed E-state index contributed by atoms with van der Waals surface area (Å²) in [5.74, 6) is 0.224. The van der Waals surface area contributed by atoms with E-state index < -0.39 is 11.7 Å². The van der Waals surface area contributed by atoms with Crippen LogP contribution in [0.3, 0.4) is 0 Å². The minimum Gasteiger partial charge on any atom is -0.508 e. The van der Waals surface area contributed by atoms with Gasteiger partial charge in [0.05, 0.1) is 0 Å². The third-order valence-corrected chi connectivity index (χ3v) is 2.45. The lowest BCUT2D eigenvalue weighted by molar-refractivity contribution is 0.0636. The molecule has 0 aliphatic carbocycles. The Morgan fingerprint density at radius 3 is 2.21 bits per heavy atom. The predicted octanol–water partition coefficient (Wildman–Crippen LogP) is 4.04. The quantitative estimate of drug-likeness (QED) is 0.753. The first-order valence-electron chi connectivity index (χ1n) is 6.32. The van der Waals surface area contributed by atoms with E-state index in [9.17, 15) is 9.90 Å². The van der Waals surface area contributed by atoms with Crippen LogP contribution < -0.4 is 5.32 Å². The summed E-state index contributed by atoms with van der Waals surface area (Å²) in [5, 5.41) is 12.5. The molecule has 0 fully saturated rings. The second-order valence-electron chi connectivity index (χ2n) is 6.61. The third kappa shape index (κ3) is 4.81. The van der Waals surface area contributed by atoms with Gasteiger partial charge in [0.15, 0.2) is 0 Å². The van der Waals surface area contributed by atoms with E-state index >= 15 is 0 Å². The molecular formula is C15H23NO3. The molecule has 0 saturated heterocycles. The molecule has 1 aromatic rings. The molecule has 106 valence electrons. The lowest BCUT2D eigenvalue weighted by Gasteiger charge is -2.22. The molecule has 0 atom stereocenters. The van der Waals surface area contributed by atoms with Crippen molar-refractivity contribution in [2.45, 2.75) is 52.6 Å². The minimum atomic E-state index is -0.534. The number of amides is 1. The maximum Gasteiger partial charge on any atom is 0.412 e. The highest BCUT2D eigenvalue weighted by Crippen LogP contribution is 2.32. The Bertz CT molecular complexity index is 467. The van der Waals surface area contributed by atoms with Crippen LogP contribution in [-0.4, -0.2) is 16.8 Å². The number of anilines is 1. The number of hydrogen-bond donors (Lipinski definition) is 2. The molecule has 4 nitrogen and oxygen atoms in total. The summed E-state index contributed by atoms with van der Waals surface area (Å²) in [7, 11) is 0. The average Bonchev–Trinajstić information content (AvgIpc) is 2.16. The van der Waals surface area contributed by atoms with Gasteiger partial charge in [0, 0.05) is 11.3 Å². The van der Waals surface area contributed by atoms with Crippen molar-refractivity contribution in [1.29, 1.82) is 0 Å². The van der Waals surface area contributed by atoms with Gasteiger partial charge in [0.25, 0.3) is 0 Å². The van der Waals surface area contributed by atoms with Gasteiger partial charge in [0.1, 0.15) is 11.4 Å². The zero-order valence-electron chi connectivity index (χ0n) is 12.5. The summed E-state index contributed by atoms with van der Waals surface area (Å²) in [6.45, 7) is 11.4. The van der Waals surface area contributed by atoms with Gasteiger partial charge < -0.3 is 9.84 Å². The van der Waals surface area contributed by atoms with E-state index in [0.717, 1.165) is 5.56 Å². The minimum absolute atomic E-state index is 0.199. The van der Waals surface area contributed by atoms with Gasteiger partial charge in [0.2, 0.25) is 0 Å². The number of carbonyl (C=O) groups is 1. The first-order chi connectivity index (χ1) is 8.49. The van der Waals surface area contributed by atoms with Crippen molar-refractivity contribution in [1.82, 2.24) is 0 Å². The fraction of sp³-hybridized carbons (Fsp3) is 0.533. The van der Waals surface area contributed by atoms with Crippen LogP contribution in [0.15, 0.2) is 18.2 Å². The van der Waals surface area contributed by atoms with Crippen LogP contribution in [0.5, 0.6) is 5.75 Å². The molecule has 0 saturated carbocycles. The monoisotopic (exact) mass is 265 g/mol. The predicted molar refractivity (Wildman–Crippen MR) is 76.7 cm³/mol. The lowest BCUT2D eigenvalue weighted by Crippen LogP contribution is -2.27. The van der Waals surface area contributed by atoms with E-state index in [4.69, 9.17) is 4.74 Å². The van der Waals surface area contributed by atoms with Crippen molar-refractivity contribution >= 4 is 11.8 Å². The van der Waals surface area contributed by atoms with Crippen LogP contribution in [0, 0.1) is 0 Å². The fourth-order valence-corrected chi connectivity index (χ4v) is 1.64. The zero-order valence-corrected chi connectivity index (χ0v) is 12.5. The van der Waals surface area contributed by atoms with Gasteiger partial charge in [-0.2, -0.15) is 0 Å². The van der Waals surface area contributed by atoms with E-state index in [-0.39, 0.29) is 11.2 Å². The lowest BCUT2D eigenvalue weighted by atomic mass is 9.86. The van der Waals surface area contributed by atoms with Crippen LogP contribution in [0.25, 0.3) is 0 Å². The third-order valence-electron chi connectivity index (χ3n) is 2.45. The number of nitrogens with one attached hydrogen (secondary N) is 1. The molecule has 0 aromatic heterocycles. The van der Waals surface area contributed by atoms with E-state index in [1.165, 1.54) is 0 Å². The van der Waals surface area contributed by atoms with Crippen molar-refractivity contribution in [3.63, 3.8) is 0 Å². The standard InChI is InChI=1S/C15H23NO3/c1-14(2,3)11-9-10(7-8-12(11)17)16-13(18)19-15(4,5)6/h7-9,17H,1-6H3,(H,16,18). The Balaban J connectivity index is 2.89. The molecule has 4 heteroatoms. The van der Waals surface area contributed by atoms with E-state index in [1.54, 1.807) is 18.2 Å². The molecule has 1 amide bonds. The number of ether oxygens (including phenoxy) is 1. The number of benzene rings is 1. The summed E-state index contributed by atoms with van der Waals surface area (Å²) in [6, 6.07) is 4.99. The Morgan fingerprint density at radius 1 is 1.16 bits per heavy atom. The fourth-order valence-electron chi connectivity index (χ4n) is 1.64. The summed E-state index contributed by atoms with van der Waals surface area (Å²) in [4.78, 5) is 11.7. The second-order valence-corrected chi connectivity index (χ2v) is 6.61. The van der Waals surface area contributed by atoms with Gasteiger partial charge in [-0.15, -0.1) is 0 Å². The van der Waals surface area contributed by atoms with Crippen LogP contribution >= 0.6 is 0 Å². The van der Waals surface area contributed by atoms with Gasteiger partial charge in [-0.25, -0.2) is 4.79 Å². The summed E-state index contributed by atoms with van der Waals surface area (Å²) in [5.41, 5.74) is 0.654. The molecule has 0 aliphatic heterocycles. The van der Waals surface area contributed by atoms with Gasteiger partial charge in [-0.1, -0.05) is 20.8 Å². The van der Waals surface area contributed by atoms with E-state index in [1.807, 2.05) is 41.5 Å². The maximum atomic E-state index is 11.7. The molecular weight excluding hydrogens is 242 g/mol. The van der Waals surface area contributed by atoms with E-state index in [2.05, 4.69) is 5.32 Å².